The molecule has 0 unspecified atom stereocenters. The molecule has 0 atom stereocenters. The fourth-order valence-electron chi connectivity index (χ4n) is 1.65. The third kappa shape index (κ3) is 4.38. The first-order valence-corrected chi connectivity index (χ1v) is 6.97. The van der Waals surface area contributed by atoms with E-state index in [-0.39, 0.29) is 18.7 Å². The lowest BCUT2D eigenvalue weighted by molar-refractivity contribution is 0.0950. The molecule has 2 aromatic rings. The van der Waals surface area contributed by atoms with Crippen molar-refractivity contribution in [2.24, 2.45) is 5.73 Å². The van der Waals surface area contributed by atoms with Crippen LogP contribution in [-0.4, -0.2) is 12.5 Å². The molecular weight excluding hydrogens is 294 g/mol. The summed E-state index contributed by atoms with van der Waals surface area (Å²) < 4.78 is 26.1. The Morgan fingerprint density at radius 3 is 2.62 bits per heavy atom. The van der Waals surface area contributed by atoms with Crippen molar-refractivity contribution in [3.8, 4) is 11.8 Å². The molecule has 0 aliphatic heterocycles. The Bertz CT molecular complexity index is 696. The summed E-state index contributed by atoms with van der Waals surface area (Å²) in [5.74, 6) is 3.52. The summed E-state index contributed by atoms with van der Waals surface area (Å²) in [7, 11) is 0. The number of thiophene rings is 1. The van der Waals surface area contributed by atoms with Gasteiger partial charge in [-0.2, -0.15) is 0 Å². The second-order valence-electron chi connectivity index (χ2n) is 4.15. The molecule has 21 heavy (non-hydrogen) atoms. The Balaban J connectivity index is 1.99. The average Bonchev–Trinajstić information content (AvgIpc) is 2.89. The van der Waals surface area contributed by atoms with Crippen LogP contribution in [0.3, 0.4) is 0 Å². The van der Waals surface area contributed by atoms with Crippen molar-refractivity contribution in [2.75, 3.05) is 6.54 Å². The van der Waals surface area contributed by atoms with E-state index in [1.54, 1.807) is 0 Å². The van der Waals surface area contributed by atoms with Gasteiger partial charge in [0.2, 0.25) is 0 Å². The fraction of sp³-hybridized carbons (Fsp3) is 0.133. The van der Waals surface area contributed by atoms with Crippen LogP contribution in [0.1, 0.15) is 20.8 Å². The molecular formula is C15H12F2N2OS. The second-order valence-corrected chi connectivity index (χ2v) is 5.14. The zero-order valence-electron chi connectivity index (χ0n) is 11.0. The maximum Gasteiger partial charge on any atom is 0.251 e. The van der Waals surface area contributed by atoms with Crippen molar-refractivity contribution in [3.05, 3.63) is 57.3 Å². The molecule has 3 N–H and O–H groups in total. The van der Waals surface area contributed by atoms with Crippen molar-refractivity contribution in [3.63, 3.8) is 0 Å². The Morgan fingerprint density at radius 1 is 1.24 bits per heavy atom. The van der Waals surface area contributed by atoms with Crippen molar-refractivity contribution in [1.29, 1.82) is 0 Å². The highest BCUT2D eigenvalue weighted by Crippen LogP contribution is 2.14. The number of carbonyl (C=O) groups is 1. The van der Waals surface area contributed by atoms with E-state index < -0.39 is 17.5 Å². The van der Waals surface area contributed by atoms with Crippen LogP contribution < -0.4 is 11.1 Å². The van der Waals surface area contributed by atoms with Crippen molar-refractivity contribution >= 4 is 17.2 Å². The molecule has 1 aromatic heterocycles. The molecule has 2 rings (SSSR count). The molecule has 6 heteroatoms. The first kappa shape index (κ1) is 15.2. The van der Waals surface area contributed by atoms with Crippen LogP contribution in [0.4, 0.5) is 8.78 Å². The Hall–Kier alpha value is -2.23. The van der Waals surface area contributed by atoms with Crippen LogP contribution in [0.25, 0.3) is 0 Å². The van der Waals surface area contributed by atoms with Crippen LogP contribution in [0.15, 0.2) is 29.6 Å². The minimum atomic E-state index is -0.782. The van der Waals surface area contributed by atoms with Gasteiger partial charge in [-0.15, -0.1) is 11.3 Å². The summed E-state index contributed by atoms with van der Waals surface area (Å²) >= 11 is 1.44. The summed E-state index contributed by atoms with van der Waals surface area (Å²) in [6.45, 7) is 0.555. The van der Waals surface area contributed by atoms with E-state index >= 15 is 0 Å². The Kier molecular flexibility index (Phi) is 5.04. The normalized spacial score (nSPS) is 9.86. The first-order chi connectivity index (χ1) is 10.1. The van der Waals surface area contributed by atoms with E-state index in [1.165, 1.54) is 11.3 Å². The van der Waals surface area contributed by atoms with Crippen molar-refractivity contribution in [2.45, 2.75) is 6.54 Å². The molecule has 0 saturated heterocycles. The molecule has 0 fully saturated rings. The number of nitrogens with two attached hydrogens (primary N) is 1. The molecule has 0 aliphatic rings. The van der Waals surface area contributed by atoms with E-state index in [2.05, 4.69) is 17.2 Å². The van der Waals surface area contributed by atoms with Gasteiger partial charge in [-0.3, -0.25) is 4.79 Å². The monoisotopic (exact) mass is 306 g/mol. The quantitative estimate of drug-likeness (QED) is 0.855. The molecule has 1 heterocycles. The summed E-state index contributed by atoms with van der Waals surface area (Å²) in [4.78, 5) is 12.7. The van der Waals surface area contributed by atoms with Gasteiger partial charge in [0.05, 0.1) is 13.1 Å². The SMILES string of the molecule is NCC#Cc1csc(CNC(=O)c2cc(F)cc(F)c2)c1. The van der Waals surface area contributed by atoms with Gasteiger partial charge < -0.3 is 11.1 Å². The summed E-state index contributed by atoms with van der Waals surface area (Å²) in [5.41, 5.74) is 6.06. The zero-order chi connectivity index (χ0) is 15.2. The molecule has 0 aliphatic carbocycles. The molecule has 0 radical (unpaired) electrons. The highest BCUT2D eigenvalue weighted by Gasteiger charge is 2.09. The van der Waals surface area contributed by atoms with Crippen LogP contribution in [-0.2, 0) is 6.54 Å². The minimum Gasteiger partial charge on any atom is -0.347 e. The molecule has 1 amide bonds. The molecule has 108 valence electrons. The summed E-state index contributed by atoms with van der Waals surface area (Å²) in [6.07, 6.45) is 0. The topological polar surface area (TPSA) is 55.1 Å². The van der Waals surface area contributed by atoms with Gasteiger partial charge in [0.1, 0.15) is 11.6 Å². The molecule has 3 nitrogen and oxygen atoms in total. The van der Waals surface area contributed by atoms with Gasteiger partial charge in [-0.1, -0.05) is 11.8 Å². The smallest absolute Gasteiger partial charge is 0.251 e. The van der Waals surface area contributed by atoms with E-state index in [9.17, 15) is 13.6 Å². The number of halogens is 2. The molecule has 0 spiro atoms. The third-order valence-corrected chi connectivity index (χ3v) is 3.47. The van der Waals surface area contributed by atoms with Gasteiger partial charge in [-0.25, -0.2) is 8.78 Å². The lowest BCUT2D eigenvalue weighted by atomic mass is 10.2. The summed E-state index contributed by atoms with van der Waals surface area (Å²) in [6, 6.07) is 4.54. The van der Waals surface area contributed by atoms with E-state index in [1.807, 2.05) is 11.4 Å². The number of nitrogens with one attached hydrogen (secondary N) is 1. The van der Waals surface area contributed by atoms with Crippen LogP contribution in [0, 0.1) is 23.5 Å². The van der Waals surface area contributed by atoms with Crippen LogP contribution >= 0.6 is 11.3 Å². The maximum absolute atomic E-state index is 13.0. The average molecular weight is 306 g/mol. The Labute approximate surface area is 124 Å². The number of carbonyl (C=O) groups excluding carboxylic acids is 1. The van der Waals surface area contributed by atoms with E-state index in [0.29, 0.717) is 0 Å². The largest absolute Gasteiger partial charge is 0.347 e. The van der Waals surface area contributed by atoms with Crippen LogP contribution in [0.5, 0.6) is 0 Å². The number of amides is 1. The van der Waals surface area contributed by atoms with Gasteiger partial charge in [0, 0.05) is 27.5 Å². The van der Waals surface area contributed by atoms with E-state index in [4.69, 9.17) is 5.73 Å². The third-order valence-electron chi connectivity index (χ3n) is 2.54. The highest BCUT2D eigenvalue weighted by atomic mass is 32.1. The van der Waals surface area contributed by atoms with Crippen LogP contribution in [0.2, 0.25) is 0 Å². The standard InChI is InChI=1S/C15H12F2N2OS/c16-12-5-11(6-13(17)7-12)15(20)19-8-14-4-10(9-21-14)2-1-3-18/h4-7,9H,3,8,18H2,(H,19,20). The number of hydrogen-bond donors (Lipinski definition) is 2. The van der Waals surface area contributed by atoms with Gasteiger partial charge in [0.15, 0.2) is 0 Å². The lowest BCUT2D eigenvalue weighted by Crippen LogP contribution is -2.22. The molecule has 0 saturated carbocycles. The predicted octanol–water partition coefficient (Wildman–Crippen LogP) is 2.27. The van der Waals surface area contributed by atoms with Crippen molar-refractivity contribution in [1.82, 2.24) is 5.32 Å². The molecule has 1 aromatic carbocycles. The van der Waals surface area contributed by atoms with Gasteiger partial charge in [0.25, 0.3) is 5.91 Å². The van der Waals surface area contributed by atoms with Crippen molar-refractivity contribution < 1.29 is 13.6 Å². The predicted molar refractivity (Wildman–Crippen MR) is 77.8 cm³/mol. The number of rotatable bonds is 3. The summed E-state index contributed by atoms with van der Waals surface area (Å²) in [5, 5.41) is 4.46. The van der Waals surface area contributed by atoms with Gasteiger partial charge in [-0.05, 0) is 18.2 Å². The number of hydrogen-bond acceptors (Lipinski definition) is 3. The Morgan fingerprint density at radius 2 is 1.95 bits per heavy atom. The number of benzene rings is 1. The fourth-order valence-corrected chi connectivity index (χ4v) is 2.40. The van der Waals surface area contributed by atoms with E-state index in [0.717, 1.165) is 28.6 Å². The minimum absolute atomic E-state index is 0.0489. The molecule has 0 bridgehead atoms. The van der Waals surface area contributed by atoms with Gasteiger partial charge >= 0.3 is 0 Å². The maximum atomic E-state index is 13.0. The zero-order valence-corrected chi connectivity index (χ0v) is 11.8. The lowest BCUT2D eigenvalue weighted by Gasteiger charge is -2.04. The highest BCUT2D eigenvalue weighted by molar-refractivity contribution is 7.10. The first-order valence-electron chi connectivity index (χ1n) is 6.09. The second kappa shape index (κ2) is 6.97.